The normalized spacial score (nSPS) is 13.9. The fourth-order valence-corrected chi connectivity index (χ4v) is 5.87. The van der Waals surface area contributed by atoms with E-state index < -0.39 is 28.3 Å². The maximum Gasteiger partial charge on any atom is 0.232 e. The lowest BCUT2D eigenvalue weighted by atomic mass is 10.0. The lowest BCUT2D eigenvalue weighted by molar-refractivity contribution is 0.122. The smallest absolute Gasteiger partial charge is 0.232 e. The Labute approximate surface area is 240 Å². The van der Waals surface area contributed by atoms with E-state index in [0.717, 1.165) is 0 Å². The Hall–Kier alpha value is -3.81. The van der Waals surface area contributed by atoms with Crippen molar-refractivity contribution in [3.8, 4) is 28.3 Å². The number of nitrogens with zero attached hydrogens (tertiary/aromatic N) is 4. The number of halogens is 3. The molecule has 1 fully saturated rings. The van der Waals surface area contributed by atoms with Gasteiger partial charge in [0, 0.05) is 35.8 Å². The summed E-state index contributed by atoms with van der Waals surface area (Å²) in [6, 6.07) is 9.31. The number of anilines is 3. The van der Waals surface area contributed by atoms with Crippen molar-refractivity contribution in [3.63, 3.8) is 0 Å². The summed E-state index contributed by atoms with van der Waals surface area (Å²) in [5.41, 5.74) is 6.84. The molecule has 0 atom stereocenters. The molecule has 5 rings (SSSR count). The highest BCUT2D eigenvalue weighted by Crippen LogP contribution is 2.41. The molecular weight excluding hydrogens is 578 g/mol. The van der Waals surface area contributed by atoms with E-state index in [1.54, 1.807) is 30.5 Å². The van der Waals surface area contributed by atoms with Gasteiger partial charge < -0.3 is 20.1 Å². The van der Waals surface area contributed by atoms with E-state index in [0.29, 0.717) is 71.5 Å². The van der Waals surface area contributed by atoms with E-state index in [4.69, 9.17) is 36.8 Å². The van der Waals surface area contributed by atoms with Gasteiger partial charge in [0.05, 0.1) is 43.5 Å². The topological polar surface area (TPSA) is 133 Å². The molecule has 0 aliphatic carbocycles. The third-order valence-electron chi connectivity index (χ3n) is 6.51. The number of nitrogens with one attached hydrogen (secondary N) is 1. The van der Waals surface area contributed by atoms with Crippen LogP contribution in [0.25, 0.3) is 33.4 Å². The minimum Gasteiger partial charge on any atom is -0.494 e. The molecule has 0 spiro atoms. The summed E-state index contributed by atoms with van der Waals surface area (Å²) in [4.78, 5) is 15.8. The van der Waals surface area contributed by atoms with Crippen LogP contribution in [0.4, 0.5) is 26.1 Å². The van der Waals surface area contributed by atoms with Gasteiger partial charge in [0.1, 0.15) is 22.9 Å². The Balaban J connectivity index is 1.70. The largest absolute Gasteiger partial charge is 0.494 e. The Morgan fingerprint density at radius 1 is 1.15 bits per heavy atom. The van der Waals surface area contributed by atoms with Crippen LogP contribution in [0.2, 0.25) is 5.02 Å². The van der Waals surface area contributed by atoms with Crippen molar-refractivity contribution in [2.45, 2.75) is 6.42 Å². The molecule has 4 aromatic rings. The molecule has 2 aromatic heterocycles. The van der Waals surface area contributed by atoms with Crippen molar-refractivity contribution in [1.29, 1.82) is 0 Å². The van der Waals surface area contributed by atoms with Gasteiger partial charge in [-0.05, 0) is 48.4 Å². The molecule has 2 aromatic carbocycles. The van der Waals surface area contributed by atoms with Crippen molar-refractivity contribution in [1.82, 2.24) is 15.0 Å². The predicted octanol–water partition coefficient (Wildman–Crippen LogP) is 4.68. The van der Waals surface area contributed by atoms with Crippen LogP contribution in [-0.2, 0) is 14.8 Å². The van der Waals surface area contributed by atoms with Gasteiger partial charge >= 0.3 is 0 Å². The van der Waals surface area contributed by atoms with Crippen LogP contribution in [0.3, 0.4) is 0 Å². The molecule has 216 valence electrons. The highest BCUT2D eigenvalue weighted by atomic mass is 35.5. The zero-order chi connectivity index (χ0) is 29.1. The van der Waals surface area contributed by atoms with E-state index in [1.807, 2.05) is 4.90 Å². The number of benzene rings is 2. The number of methoxy groups -OCH3 is 1. The summed E-state index contributed by atoms with van der Waals surface area (Å²) < 4.78 is 66.6. The lowest BCUT2D eigenvalue weighted by Crippen LogP contribution is -2.37. The van der Waals surface area contributed by atoms with Gasteiger partial charge in [0.25, 0.3) is 0 Å². The van der Waals surface area contributed by atoms with E-state index in [2.05, 4.69) is 9.71 Å². The van der Waals surface area contributed by atoms with Gasteiger partial charge in [0.2, 0.25) is 10.0 Å². The fourth-order valence-electron chi connectivity index (χ4n) is 4.53. The molecule has 1 aliphatic heterocycles. The number of fused-ring (bicyclic) bond motifs is 1. The molecule has 1 saturated heterocycles. The first-order valence-corrected chi connectivity index (χ1v) is 14.7. The number of morpholine rings is 1. The third-order valence-corrected chi connectivity index (χ3v) is 8.18. The minimum absolute atomic E-state index is 0.0442. The van der Waals surface area contributed by atoms with Crippen molar-refractivity contribution in [3.05, 3.63) is 53.4 Å². The number of nitrogens with two attached hydrogens (primary N) is 1. The molecule has 14 heteroatoms. The van der Waals surface area contributed by atoms with Gasteiger partial charge in [-0.25, -0.2) is 27.8 Å². The number of ether oxygens (including phenoxy) is 2. The summed E-state index contributed by atoms with van der Waals surface area (Å²) in [5.74, 6) is 0.272. The standard InChI is InChI=1S/C27H27ClF2N6O4S/c1-39-21-14-17(23-19(28)4-5-20(24(23)30)35-41(37,38)12-2-7-29)13-18-25(21)33-26(16-3-6-22(31)32-15-16)34-27(18)36-8-10-40-11-9-36/h3-6,13-15,35H,2,7-12H2,1H3,(H2,31,32). The van der Waals surface area contributed by atoms with Gasteiger partial charge in [-0.3, -0.25) is 9.11 Å². The summed E-state index contributed by atoms with van der Waals surface area (Å²) in [6.45, 7) is 1.29. The number of sulfonamides is 1. The highest BCUT2D eigenvalue weighted by molar-refractivity contribution is 7.92. The van der Waals surface area contributed by atoms with Gasteiger partial charge in [0.15, 0.2) is 11.6 Å². The molecule has 41 heavy (non-hydrogen) atoms. The number of alkyl halides is 1. The second-order valence-corrected chi connectivity index (χ2v) is 11.5. The molecule has 1 aliphatic rings. The molecule has 3 N–H and O–H groups in total. The number of aromatic nitrogens is 3. The summed E-state index contributed by atoms with van der Waals surface area (Å²) in [5, 5.41) is 0.617. The second kappa shape index (κ2) is 12.0. The van der Waals surface area contributed by atoms with Crippen LogP contribution in [0.5, 0.6) is 5.75 Å². The molecule has 3 heterocycles. The van der Waals surface area contributed by atoms with Crippen LogP contribution >= 0.6 is 11.6 Å². The Bertz CT molecular complexity index is 1690. The third kappa shape index (κ3) is 6.11. The van der Waals surface area contributed by atoms with Crippen molar-refractivity contribution < 1.29 is 26.7 Å². The molecule has 0 bridgehead atoms. The maximum atomic E-state index is 15.9. The Morgan fingerprint density at radius 2 is 1.93 bits per heavy atom. The van der Waals surface area contributed by atoms with Crippen molar-refractivity contribution in [2.75, 3.05) is 61.2 Å². The summed E-state index contributed by atoms with van der Waals surface area (Å²) in [6.07, 6.45) is 1.37. The molecular formula is C27H27ClF2N6O4S. The zero-order valence-corrected chi connectivity index (χ0v) is 23.6. The van der Waals surface area contributed by atoms with Crippen LogP contribution in [-0.4, -0.2) is 69.2 Å². The molecule has 0 radical (unpaired) electrons. The van der Waals surface area contributed by atoms with Crippen LogP contribution in [0.15, 0.2) is 42.6 Å². The maximum absolute atomic E-state index is 15.9. The summed E-state index contributed by atoms with van der Waals surface area (Å²) >= 11 is 6.46. The van der Waals surface area contributed by atoms with Crippen molar-refractivity contribution in [2.24, 2.45) is 0 Å². The second-order valence-electron chi connectivity index (χ2n) is 9.26. The minimum atomic E-state index is -3.98. The SMILES string of the molecule is COc1cc(-c2c(Cl)ccc(NS(=O)(=O)CCCF)c2F)cc2c(N3CCOCC3)nc(-c3ccc(N)nc3)nc12. The van der Waals surface area contributed by atoms with Crippen LogP contribution in [0.1, 0.15) is 6.42 Å². The molecule has 0 amide bonds. The molecule has 0 saturated carbocycles. The van der Waals surface area contributed by atoms with E-state index >= 15 is 4.39 Å². The molecule has 10 nitrogen and oxygen atoms in total. The van der Waals surface area contributed by atoms with E-state index in [1.165, 1.54) is 19.2 Å². The zero-order valence-electron chi connectivity index (χ0n) is 22.0. The number of rotatable bonds is 9. The predicted molar refractivity (Wildman–Crippen MR) is 155 cm³/mol. The van der Waals surface area contributed by atoms with Crippen LogP contribution < -0.4 is 20.1 Å². The van der Waals surface area contributed by atoms with E-state index in [-0.39, 0.29) is 22.7 Å². The monoisotopic (exact) mass is 604 g/mol. The first-order chi connectivity index (χ1) is 19.7. The average molecular weight is 605 g/mol. The Kier molecular flexibility index (Phi) is 8.38. The average Bonchev–Trinajstić information content (AvgIpc) is 2.97. The highest BCUT2D eigenvalue weighted by Gasteiger charge is 2.24. The van der Waals surface area contributed by atoms with Crippen molar-refractivity contribution >= 4 is 49.9 Å². The number of nitrogen functional groups attached to an aromatic ring is 1. The first-order valence-electron chi connectivity index (χ1n) is 12.7. The van der Waals surface area contributed by atoms with Gasteiger partial charge in [-0.15, -0.1) is 0 Å². The Morgan fingerprint density at radius 3 is 2.61 bits per heavy atom. The number of hydrogen-bond acceptors (Lipinski definition) is 9. The van der Waals surface area contributed by atoms with E-state index in [9.17, 15) is 12.8 Å². The number of hydrogen-bond donors (Lipinski definition) is 2. The first kappa shape index (κ1) is 28.7. The fraction of sp³-hybridized carbons (Fsp3) is 0.296. The quantitative estimate of drug-likeness (QED) is 0.279. The molecule has 0 unspecified atom stereocenters. The van der Waals surface area contributed by atoms with Gasteiger partial charge in [-0.2, -0.15) is 0 Å². The summed E-state index contributed by atoms with van der Waals surface area (Å²) in [7, 11) is -2.52. The number of pyridine rings is 1. The van der Waals surface area contributed by atoms with Gasteiger partial charge in [-0.1, -0.05) is 11.6 Å². The lowest BCUT2D eigenvalue weighted by Gasteiger charge is -2.29. The van der Waals surface area contributed by atoms with Crippen LogP contribution in [0, 0.1) is 5.82 Å².